The largest absolute Gasteiger partial charge is 0.328 e. The van der Waals surface area contributed by atoms with Crippen molar-refractivity contribution >= 4 is 27.5 Å². The third kappa shape index (κ3) is 3.07. The molecule has 1 aromatic carbocycles. The van der Waals surface area contributed by atoms with Crippen LogP contribution in [0.4, 0.5) is 0 Å². The maximum Gasteiger partial charge on any atom is 0.264 e. The van der Waals surface area contributed by atoms with Crippen LogP contribution >= 0.6 is 11.3 Å². The number of thiophene rings is 1. The Labute approximate surface area is 161 Å². The predicted molar refractivity (Wildman–Crippen MR) is 107 cm³/mol. The molecule has 3 heterocycles. The van der Waals surface area contributed by atoms with Crippen molar-refractivity contribution < 1.29 is 4.79 Å². The molecule has 0 radical (unpaired) electrons. The minimum absolute atomic E-state index is 0.00199. The summed E-state index contributed by atoms with van der Waals surface area (Å²) < 4.78 is 1.46. The normalized spacial score (nSPS) is 18.2. The van der Waals surface area contributed by atoms with Gasteiger partial charge in [0.2, 0.25) is 0 Å². The van der Waals surface area contributed by atoms with Gasteiger partial charge in [-0.25, -0.2) is 4.98 Å². The number of amides is 1. The molecule has 4 rings (SSSR count). The highest BCUT2D eigenvalue weighted by atomic mass is 32.1. The molecule has 140 valence electrons. The summed E-state index contributed by atoms with van der Waals surface area (Å²) in [7, 11) is 3.76. The van der Waals surface area contributed by atoms with Gasteiger partial charge in [0.05, 0.1) is 22.6 Å². The summed E-state index contributed by atoms with van der Waals surface area (Å²) in [5.41, 5.74) is 1.76. The van der Waals surface area contributed by atoms with Crippen molar-refractivity contribution in [2.75, 3.05) is 26.7 Å². The molecule has 1 amide bonds. The van der Waals surface area contributed by atoms with Crippen LogP contribution < -0.4 is 5.56 Å². The summed E-state index contributed by atoms with van der Waals surface area (Å²) in [6.45, 7) is 4.13. The van der Waals surface area contributed by atoms with E-state index < -0.39 is 0 Å². The summed E-state index contributed by atoms with van der Waals surface area (Å²) in [5, 5.41) is 0.554. The monoisotopic (exact) mass is 382 g/mol. The highest BCUT2D eigenvalue weighted by molar-refractivity contribution is 7.20. The Hall–Kier alpha value is -2.51. The minimum Gasteiger partial charge on any atom is -0.328 e. The van der Waals surface area contributed by atoms with E-state index in [9.17, 15) is 9.59 Å². The number of carbonyl (C=O) groups is 1. The van der Waals surface area contributed by atoms with Crippen molar-refractivity contribution in [1.29, 1.82) is 0 Å². The average Bonchev–Trinajstić information content (AvgIpc) is 3.02. The SMILES string of the molecule is Cc1c(C(=O)N2CCN(C)CC2c2ccccc2)sc2ncn(C)c(=O)c12. The zero-order valence-corrected chi connectivity index (χ0v) is 16.5. The van der Waals surface area contributed by atoms with Gasteiger partial charge in [0, 0.05) is 26.7 Å². The second-order valence-electron chi connectivity index (χ2n) is 7.08. The Morgan fingerprint density at radius 1 is 1.19 bits per heavy atom. The van der Waals surface area contributed by atoms with Crippen LogP contribution in [0.15, 0.2) is 41.5 Å². The number of benzene rings is 1. The number of carbonyl (C=O) groups excluding carboxylic acids is 1. The maximum absolute atomic E-state index is 13.5. The second-order valence-corrected chi connectivity index (χ2v) is 8.08. The Balaban J connectivity index is 1.77. The smallest absolute Gasteiger partial charge is 0.264 e. The molecule has 27 heavy (non-hydrogen) atoms. The van der Waals surface area contributed by atoms with E-state index in [-0.39, 0.29) is 17.5 Å². The molecule has 1 saturated heterocycles. The lowest BCUT2D eigenvalue weighted by molar-refractivity contribution is 0.0502. The van der Waals surface area contributed by atoms with Crippen LogP contribution in [0.2, 0.25) is 0 Å². The molecule has 0 bridgehead atoms. The van der Waals surface area contributed by atoms with E-state index >= 15 is 0 Å². The van der Waals surface area contributed by atoms with Crippen molar-refractivity contribution in [3.8, 4) is 0 Å². The lowest BCUT2D eigenvalue weighted by Crippen LogP contribution is -2.49. The number of hydrogen-bond donors (Lipinski definition) is 0. The van der Waals surface area contributed by atoms with E-state index in [1.54, 1.807) is 7.05 Å². The van der Waals surface area contributed by atoms with Crippen LogP contribution in [0.5, 0.6) is 0 Å². The standard InChI is InChI=1S/C20H22N4O2S/c1-13-16-18(21-12-23(3)19(16)25)27-17(13)20(26)24-10-9-22(2)11-15(24)14-7-5-4-6-8-14/h4-8,12,15H,9-11H2,1-3H3. The van der Waals surface area contributed by atoms with Crippen LogP contribution in [-0.4, -0.2) is 51.9 Å². The van der Waals surface area contributed by atoms with Crippen molar-refractivity contribution in [1.82, 2.24) is 19.4 Å². The van der Waals surface area contributed by atoms with Crippen LogP contribution in [0.1, 0.15) is 26.8 Å². The first-order valence-electron chi connectivity index (χ1n) is 8.96. The molecule has 1 fully saturated rings. The van der Waals surface area contributed by atoms with Crippen molar-refractivity contribution in [3.63, 3.8) is 0 Å². The summed E-state index contributed by atoms with van der Waals surface area (Å²) in [6.07, 6.45) is 1.51. The molecule has 1 aliphatic heterocycles. The van der Waals surface area contributed by atoms with Gasteiger partial charge in [-0.2, -0.15) is 0 Å². The molecule has 1 atom stereocenters. The van der Waals surface area contributed by atoms with E-state index in [0.29, 0.717) is 21.6 Å². The molecule has 0 aliphatic carbocycles. The number of aryl methyl sites for hydroxylation is 2. The van der Waals surface area contributed by atoms with Crippen LogP contribution in [0.3, 0.4) is 0 Å². The molecule has 0 N–H and O–H groups in total. The van der Waals surface area contributed by atoms with E-state index in [4.69, 9.17) is 0 Å². The third-order valence-corrected chi connectivity index (χ3v) is 6.42. The van der Waals surface area contributed by atoms with E-state index in [1.807, 2.05) is 30.0 Å². The molecule has 0 saturated carbocycles. The van der Waals surface area contributed by atoms with E-state index in [1.165, 1.54) is 22.2 Å². The summed E-state index contributed by atoms with van der Waals surface area (Å²) in [6, 6.07) is 10.1. The molecule has 7 heteroatoms. The lowest BCUT2D eigenvalue weighted by Gasteiger charge is -2.40. The zero-order chi connectivity index (χ0) is 19.1. The number of fused-ring (bicyclic) bond motifs is 1. The van der Waals surface area contributed by atoms with Gasteiger partial charge in [0.15, 0.2) is 0 Å². The summed E-state index contributed by atoms with van der Waals surface area (Å²) in [4.78, 5) is 35.7. The Kier molecular flexibility index (Phi) is 4.57. The van der Waals surface area contributed by atoms with E-state index in [0.717, 1.165) is 24.2 Å². The minimum atomic E-state index is -0.106. The molecule has 2 aromatic heterocycles. The fourth-order valence-electron chi connectivity index (χ4n) is 3.67. The van der Waals surface area contributed by atoms with E-state index in [2.05, 4.69) is 29.1 Å². The Morgan fingerprint density at radius 2 is 1.93 bits per heavy atom. The van der Waals surface area contributed by atoms with Gasteiger partial charge in [-0.15, -0.1) is 11.3 Å². The third-order valence-electron chi connectivity index (χ3n) is 5.23. The predicted octanol–water partition coefficient (Wildman–Crippen LogP) is 2.43. The fraction of sp³-hybridized carbons (Fsp3) is 0.350. The van der Waals surface area contributed by atoms with Crippen LogP contribution in [0, 0.1) is 6.92 Å². The molecule has 1 unspecified atom stereocenters. The van der Waals surface area contributed by atoms with Gasteiger partial charge in [0.1, 0.15) is 4.83 Å². The number of rotatable bonds is 2. The number of aromatic nitrogens is 2. The van der Waals surface area contributed by atoms with Gasteiger partial charge in [0.25, 0.3) is 11.5 Å². The number of nitrogens with zero attached hydrogens (tertiary/aromatic N) is 4. The first kappa shape index (κ1) is 17.9. The summed E-state index contributed by atoms with van der Waals surface area (Å²) in [5.74, 6) is -0.0143. The topological polar surface area (TPSA) is 58.4 Å². The van der Waals surface area contributed by atoms with Crippen LogP contribution in [0.25, 0.3) is 10.2 Å². The molecule has 6 nitrogen and oxygen atoms in total. The van der Waals surface area contributed by atoms with Gasteiger partial charge >= 0.3 is 0 Å². The maximum atomic E-state index is 13.5. The molecule has 1 aliphatic rings. The molecule has 0 spiro atoms. The number of piperazine rings is 1. The molecular formula is C20H22N4O2S. The van der Waals surface area contributed by atoms with Gasteiger partial charge in [-0.05, 0) is 25.1 Å². The van der Waals surface area contributed by atoms with Crippen LogP contribution in [-0.2, 0) is 7.05 Å². The Bertz CT molecular complexity index is 1060. The van der Waals surface area contributed by atoms with Gasteiger partial charge in [-0.1, -0.05) is 30.3 Å². The number of hydrogen-bond acceptors (Lipinski definition) is 5. The summed E-state index contributed by atoms with van der Waals surface area (Å²) >= 11 is 1.32. The average molecular weight is 382 g/mol. The number of likely N-dealkylation sites (N-methyl/N-ethyl adjacent to an activating group) is 1. The van der Waals surface area contributed by atoms with Gasteiger partial charge < -0.3 is 14.4 Å². The van der Waals surface area contributed by atoms with Crippen molar-refractivity contribution in [2.45, 2.75) is 13.0 Å². The first-order chi connectivity index (χ1) is 13.0. The van der Waals surface area contributed by atoms with Crippen molar-refractivity contribution in [2.24, 2.45) is 7.05 Å². The van der Waals surface area contributed by atoms with Crippen molar-refractivity contribution in [3.05, 3.63) is 63.0 Å². The molecule has 3 aromatic rings. The van der Waals surface area contributed by atoms with Gasteiger partial charge in [-0.3, -0.25) is 9.59 Å². The zero-order valence-electron chi connectivity index (χ0n) is 15.7. The second kappa shape index (κ2) is 6.90. The molecular weight excluding hydrogens is 360 g/mol. The highest BCUT2D eigenvalue weighted by Gasteiger charge is 2.33. The first-order valence-corrected chi connectivity index (χ1v) is 9.78. The Morgan fingerprint density at radius 3 is 2.67 bits per heavy atom. The quantitative estimate of drug-likeness (QED) is 0.683. The lowest BCUT2D eigenvalue weighted by atomic mass is 10.0. The highest BCUT2D eigenvalue weighted by Crippen LogP contribution is 2.32. The fourth-order valence-corrected chi connectivity index (χ4v) is 4.76.